The summed E-state index contributed by atoms with van der Waals surface area (Å²) in [7, 11) is 0. The number of halogens is 3. The van der Waals surface area contributed by atoms with Gasteiger partial charge in [-0.05, 0) is 41.5 Å². The van der Waals surface area contributed by atoms with E-state index in [1.165, 1.54) is 0 Å². The van der Waals surface area contributed by atoms with E-state index in [1.54, 1.807) is 41.5 Å². The van der Waals surface area contributed by atoms with Crippen molar-refractivity contribution in [3.8, 4) is 0 Å². The van der Waals surface area contributed by atoms with Gasteiger partial charge in [0.25, 0.3) is 5.91 Å². The maximum absolute atomic E-state index is 13.2. The molecule has 0 spiro atoms. The van der Waals surface area contributed by atoms with Gasteiger partial charge in [0.05, 0.1) is 17.3 Å². The van der Waals surface area contributed by atoms with Crippen LogP contribution in [0.5, 0.6) is 0 Å². The molecule has 114 valence electrons. The quantitative estimate of drug-likeness (QED) is 0.863. The van der Waals surface area contributed by atoms with Gasteiger partial charge in [0.1, 0.15) is 0 Å². The van der Waals surface area contributed by atoms with Crippen LogP contribution in [0.25, 0.3) is 0 Å². The third kappa shape index (κ3) is 3.74. The van der Waals surface area contributed by atoms with Gasteiger partial charge in [-0.1, -0.05) is 0 Å². The topological polar surface area (TPSA) is 46.9 Å². The van der Waals surface area contributed by atoms with E-state index < -0.39 is 34.4 Å². The number of nitrogens with zero attached hydrogens (tertiary/aromatic N) is 2. The minimum absolute atomic E-state index is 0.456. The third-order valence-electron chi connectivity index (χ3n) is 2.41. The summed E-state index contributed by atoms with van der Waals surface area (Å²) in [6, 6.07) is 0. The molecule has 0 aliphatic rings. The minimum atomic E-state index is -4.64. The second-order valence-electron chi connectivity index (χ2n) is 6.69. The van der Waals surface area contributed by atoms with E-state index in [1.807, 2.05) is 0 Å². The number of carbonyl (C=O) groups excluding carboxylic acids is 1. The summed E-state index contributed by atoms with van der Waals surface area (Å²) in [5, 5.41) is 6.26. The van der Waals surface area contributed by atoms with Crippen LogP contribution in [0.15, 0.2) is 6.20 Å². The van der Waals surface area contributed by atoms with E-state index in [4.69, 9.17) is 0 Å². The Morgan fingerprint density at radius 3 is 2.00 bits per heavy atom. The van der Waals surface area contributed by atoms with Crippen LogP contribution in [0.2, 0.25) is 0 Å². The highest BCUT2D eigenvalue weighted by Crippen LogP contribution is 2.34. The molecule has 0 bridgehead atoms. The number of aromatic nitrogens is 2. The van der Waals surface area contributed by atoms with Crippen molar-refractivity contribution in [3.05, 3.63) is 17.5 Å². The predicted molar refractivity (Wildman–Crippen MR) is 69.4 cm³/mol. The van der Waals surface area contributed by atoms with Crippen molar-refractivity contribution in [2.24, 2.45) is 0 Å². The highest BCUT2D eigenvalue weighted by Gasteiger charge is 2.42. The van der Waals surface area contributed by atoms with Crippen LogP contribution < -0.4 is 5.32 Å². The van der Waals surface area contributed by atoms with Crippen molar-refractivity contribution < 1.29 is 18.0 Å². The van der Waals surface area contributed by atoms with Crippen LogP contribution in [0, 0.1) is 0 Å². The molecule has 0 unspecified atom stereocenters. The minimum Gasteiger partial charge on any atom is -0.347 e. The smallest absolute Gasteiger partial charge is 0.347 e. The second-order valence-corrected chi connectivity index (χ2v) is 6.69. The Kier molecular flexibility index (Phi) is 3.95. The Morgan fingerprint density at radius 2 is 1.65 bits per heavy atom. The molecule has 0 saturated heterocycles. The molecule has 0 atom stereocenters. The number of hydrogen-bond acceptors (Lipinski definition) is 2. The zero-order valence-electron chi connectivity index (χ0n) is 12.5. The van der Waals surface area contributed by atoms with Gasteiger partial charge in [0.2, 0.25) is 0 Å². The Balaban J connectivity index is 3.36. The Hall–Kier alpha value is -1.53. The van der Waals surface area contributed by atoms with Gasteiger partial charge in [0, 0.05) is 5.54 Å². The molecule has 7 heteroatoms. The standard InChI is InChI=1S/C13H20F3N3O/c1-11(2,3)18-10(20)8-7-17-19(12(4,5)6)9(8)13(14,15)16/h7H,1-6H3,(H,18,20). The van der Waals surface area contributed by atoms with Gasteiger partial charge in [-0.25, -0.2) is 0 Å². The third-order valence-corrected chi connectivity index (χ3v) is 2.41. The van der Waals surface area contributed by atoms with Gasteiger partial charge in [0.15, 0.2) is 5.69 Å². The van der Waals surface area contributed by atoms with Gasteiger partial charge < -0.3 is 5.32 Å². The maximum Gasteiger partial charge on any atom is 0.433 e. The Bertz CT molecular complexity index is 504. The van der Waals surface area contributed by atoms with Crippen molar-refractivity contribution >= 4 is 5.91 Å². The molecule has 1 amide bonds. The van der Waals surface area contributed by atoms with Crippen LogP contribution >= 0.6 is 0 Å². The summed E-state index contributed by atoms with van der Waals surface area (Å²) in [6.45, 7) is 9.90. The summed E-state index contributed by atoms with van der Waals surface area (Å²) in [4.78, 5) is 12.0. The highest BCUT2D eigenvalue weighted by atomic mass is 19.4. The number of amides is 1. The van der Waals surface area contributed by atoms with Crippen LogP contribution in [0.1, 0.15) is 57.6 Å². The van der Waals surface area contributed by atoms with Crippen LogP contribution in [0.4, 0.5) is 13.2 Å². The average Bonchev–Trinajstić information content (AvgIpc) is 2.56. The molecule has 4 nitrogen and oxygen atoms in total. The molecule has 0 fully saturated rings. The summed E-state index contributed by atoms with van der Waals surface area (Å²) in [6.07, 6.45) is -3.68. The van der Waals surface area contributed by atoms with Crippen molar-refractivity contribution in [1.82, 2.24) is 15.1 Å². The normalized spacial score (nSPS) is 13.4. The van der Waals surface area contributed by atoms with Crippen LogP contribution in [-0.2, 0) is 11.7 Å². The van der Waals surface area contributed by atoms with E-state index in [0.29, 0.717) is 0 Å². The predicted octanol–water partition coefficient (Wildman–Crippen LogP) is 3.19. The lowest BCUT2D eigenvalue weighted by atomic mass is 10.1. The first-order valence-electron chi connectivity index (χ1n) is 6.22. The fourth-order valence-corrected chi connectivity index (χ4v) is 1.70. The van der Waals surface area contributed by atoms with E-state index in [-0.39, 0.29) is 0 Å². The van der Waals surface area contributed by atoms with E-state index >= 15 is 0 Å². The molecule has 0 saturated carbocycles. The van der Waals surface area contributed by atoms with Crippen molar-refractivity contribution in [1.29, 1.82) is 0 Å². The summed E-state index contributed by atoms with van der Waals surface area (Å²) in [5.41, 5.74) is -2.97. The van der Waals surface area contributed by atoms with E-state index in [0.717, 1.165) is 10.9 Å². The molecular weight excluding hydrogens is 271 g/mol. The number of hydrogen-bond donors (Lipinski definition) is 1. The van der Waals surface area contributed by atoms with Gasteiger partial charge in [-0.3, -0.25) is 9.48 Å². The largest absolute Gasteiger partial charge is 0.433 e. The monoisotopic (exact) mass is 291 g/mol. The van der Waals surface area contributed by atoms with Gasteiger partial charge in [-0.2, -0.15) is 18.3 Å². The molecule has 1 heterocycles. The number of rotatable bonds is 1. The molecule has 0 radical (unpaired) electrons. The van der Waals surface area contributed by atoms with Gasteiger partial charge >= 0.3 is 6.18 Å². The molecule has 0 aromatic carbocycles. The molecule has 1 aromatic heterocycles. The molecule has 1 N–H and O–H groups in total. The molecule has 0 aliphatic carbocycles. The molecule has 1 rings (SSSR count). The van der Waals surface area contributed by atoms with Gasteiger partial charge in [-0.15, -0.1) is 0 Å². The van der Waals surface area contributed by atoms with Crippen LogP contribution in [-0.4, -0.2) is 21.2 Å². The average molecular weight is 291 g/mol. The first-order valence-corrected chi connectivity index (χ1v) is 6.22. The molecule has 1 aromatic rings. The second kappa shape index (κ2) is 4.79. The lowest BCUT2D eigenvalue weighted by molar-refractivity contribution is -0.146. The number of alkyl halides is 3. The van der Waals surface area contributed by atoms with Crippen molar-refractivity contribution in [2.45, 2.75) is 58.8 Å². The zero-order valence-corrected chi connectivity index (χ0v) is 12.5. The molecule has 20 heavy (non-hydrogen) atoms. The fraction of sp³-hybridized carbons (Fsp3) is 0.692. The molecular formula is C13H20F3N3O. The zero-order chi connectivity index (χ0) is 15.9. The first-order chi connectivity index (χ1) is 8.73. The first kappa shape index (κ1) is 16.5. The summed E-state index contributed by atoms with van der Waals surface area (Å²) < 4.78 is 40.5. The lowest BCUT2D eigenvalue weighted by Crippen LogP contribution is -2.41. The highest BCUT2D eigenvalue weighted by molar-refractivity contribution is 5.95. The number of nitrogens with one attached hydrogen (secondary N) is 1. The van der Waals surface area contributed by atoms with Crippen molar-refractivity contribution in [3.63, 3.8) is 0 Å². The SMILES string of the molecule is CC(C)(C)NC(=O)c1cnn(C(C)(C)C)c1C(F)(F)F. The maximum atomic E-state index is 13.2. The Morgan fingerprint density at radius 1 is 1.15 bits per heavy atom. The summed E-state index contributed by atoms with van der Waals surface area (Å²) in [5.74, 6) is -0.777. The summed E-state index contributed by atoms with van der Waals surface area (Å²) >= 11 is 0. The number of carbonyl (C=O) groups is 1. The van der Waals surface area contributed by atoms with E-state index in [9.17, 15) is 18.0 Å². The van der Waals surface area contributed by atoms with Crippen LogP contribution in [0.3, 0.4) is 0 Å². The van der Waals surface area contributed by atoms with E-state index in [2.05, 4.69) is 10.4 Å². The lowest BCUT2D eigenvalue weighted by Gasteiger charge is -2.24. The fourth-order valence-electron chi connectivity index (χ4n) is 1.70. The molecule has 0 aliphatic heterocycles. The van der Waals surface area contributed by atoms with Crippen molar-refractivity contribution in [2.75, 3.05) is 0 Å². The Labute approximate surface area is 116 Å².